The Balaban J connectivity index is 1.06. The average molecular weight is 704 g/mol. The first-order valence-corrected chi connectivity index (χ1v) is 18.7. The minimum atomic E-state index is -0.472. The van der Waals surface area contributed by atoms with Gasteiger partial charge in [0.1, 0.15) is 22.8 Å². The van der Waals surface area contributed by atoms with E-state index in [9.17, 15) is 0 Å². The fourth-order valence-corrected chi connectivity index (χ4v) is 8.29. The van der Waals surface area contributed by atoms with Gasteiger partial charge in [-0.1, -0.05) is 170 Å². The van der Waals surface area contributed by atoms with E-state index >= 15 is 0 Å². The smallest absolute Gasteiger partial charge is 0.170 e. The second kappa shape index (κ2) is 12.7. The third-order valence-corrected chi connectivity index (χ3v) is 11.0. The Labute approximate surface area is 317 Å². The summed E-state index contributed by atoms with van der Waals surface area (Å²) in [6, 6.07) is 66.4. The molecule has 4 nitrogen and oxygen atoms in total. The van der Waals surface area contributed by atoms with E-state index in [-0.39, 0.29) is 0 Å². The molecule has 0 fully saturated rings. The van der Waals surface area contributed by atoms with E-state index in [0.717, 1.165) is 72.2 Å². The number of furan rings is 1. The molecule has 1 aromatic heterocycles. The van der Waals surface area contributed by atoms with Gasteiger partial charge in [-0.25, -0.2) is 9.98 Å². The molecule has 1 aliphatic rings. The Kier molecular flexibility index (Phi) is 7.20. The quantitative estimate of drug-likeness (QED) is 0.194. The van der Waals surface area contributed by atoms with Gasteiger partial charge >= 0.3 is 0 Å². The molecule has 0 aliphatic carbocycles. The van der Waals surface area contributed by atoms with Crippen LogP contribution in [0.1, 0.15) is 22.9 Å². The van der Waals surface area contributed by atoms with Crippen LogP contribution in [-0.4, -0.2) is 11.7 Å². The van der Waals surface area contributed by atoms with Gasteiger partial charge < -0.3 is 9.73 Å². The summed E-state index contributed by atoms with van der Waals surface area (Å²) in [6.45, 7) is 0. The number of aliphatic imine (C=N–C) groups is 2. The lowest BCUT2D eigenvalue weighted by Crippen LogP contribution is -2.36. The summed E-state index contributed by atoms with van der Waals surface area (Å²) < 4.78 is 6.29. The molecule has 0 amide bonds. The zero-order chi connectivity index (χ0) is 36.3. The number of para-hydroxylation sites is 1. The fourth-order valence-electron chi connectivity index (χ4n) is 8.29. The summed E-state index contributed by atoms with van der Waals surface area (Å²) in [5.74, 6) is 1.58. The standard InChI is InChI=1S/C51H33N3O/c1-2-13-36-31-37(28-23-32(36)11-1)50-52-49(35-26-24-34(25-27-35)39-19-9-14-33-12-3-4-15-38(33)39)53-51(54-50)44-30-29-42(40-16-5-6-17-41(40)44)43-20-10-22-47-48(43)45-18-7-8-21-46(45)55-47/h1-31,51H,(H,52,53,54). The van der Waals surface area contributed by atoms with E-state index < -0.39 is 6.17 Å². The van der Waals surface area contributed by atoms with Crippen molar-refractivity contribution in [1.82, 2.24) is 5.32 Å². The van der Waals surface area contributed by atoms with Crippen LogP contribution in [0.15, 0.2) is 202 Å². The predicted octanol–water partition coefficient (Wildman–Crippen LogP) is 12.9. The van der Waals surface area contributed by atoms with Gasteiger partial charge in [-0.3, -0.25) is 0 Å². The van der Waals surface area contributed by atoms with Crippen molar-refractivity contribution in [3.8, 4) is 22.3 Å². The van der Waals surface area contributed by atoms with Gasteiger partial charge in [-0.2, -0.15) is 0 Å². The SMILES string of the molecule is c1ccc2cc(C3=NC(c4ccc(-c5cccc6oc7ccccc7c56)c5ccccc45)N=C(c4ccc(-c5cccc6ccccc56)cc4)N3)ccc2c1. The van der Waals surface area contributed by atoms with Crippen molar-refractivity contribution in [1.29, 1.82) is 0 Å². The Morgan fingerprint density at radius 1 is 0.382 bits per heavy atom. The zero-order valence-corrected chi connectivity index (χ0v) is 29.8. The van der Waals surface area contributed by atoms with Gasteiger partial charge in [-0.15, -0.1) is 0 Å². The van der Waals surface area contributed by atoms with Gasteiger partial charge in [0.15, 0.2) is 6.17 Å². The van der Waals surface area contributed by atoms with Gasteiger partial charge in [0.05, 0.1) is 0 Å². The number of benzene rings is 9. The molecule has 9 aromatic carbocycles. The van der Waals surface area contributed by atoms with E-state index in [4.69, 9.17) is 14.4 Å². The van der Waals surface area contributed by atoms with Crippen LogP contribution in [0.3, 0.4) is 0 Å². The highest BCUT2D eigenvalue weighted by atomic mass is 16.3. The normalized spacial score (nSPS) is 14.4. The molecule has 1 atom stereocenters. The molecule has 1 N–H and O–H groups in total. The highest BCUT2D eigenvalue weighted by molar-refractivity contribution is 6.18. The summed E-state index contributed by atoms with van der Waals surface area (Å²) in [4.78, 5) is 10.7. The second-order valence-corrected chi connectivity index (χ2v) is 14.1. The molecular formula is C51H33N3O. The third-order valence-electron chi connectivity index (χ3n) is 11.0. The number of hydrogen-bond donors (Lipinski definition) is 1. The maximum atomic E-state index is 6.29. The van der Waals surface area contributed by atoms with Crippen molar-refractivity contribution in [2.24, 2.45) is 9.98 Å². The average Bonchev–Trinajstić information content (AvgIpc) is 3.65. The lowest BCUT2D eigenvalue weighted by molar-refractivity contribution is 0.669. The van der Waals surface area contributed by atoms with E-state index in [1.54, 1.807) is 0 Å². The minimum absolute atomic E-state index is 0.472. The second-order valence-electron chi connectivity index (χ2n) is 14.1. The van der Waals surface area contributed by atoms with Crippen molar-refractivity contribution in [2.45, 2.75) is 6.17 Å². The number of amidine groups is 2. The molecule has 2 heterocycles. The molecule has 1 aliphatic heterocycles. The van der Waals surface area contributed by atoms with Crippen molar-refractivity contribution in [3.63, 3.8) is 0 Å². The number of hydrogen-bond acceptors (Lipinski definition) is 4. The third kappa shape index (κ3) is 5.30. The molecule has 0 spiro atoms. The molecule has 55 heavy (non-hydrogen) atoms. The maximum absolute atomic E-state index is 6.29. The largest absolute Gasteiger partial charge is 0.456 e. The number of fused-ring (bicyclic) bond motifs is 6. The number of nitrogens with zero attached hydrogens (tertiary/aromatic N) is 2. The van der Waals surface area contributed by atoms with Crippen LogP contribution < -0.4 is 5.32 Å². The van der Waals surface area contributed by atoms with Gasteiger partial charge in [0.25, 0.3) is 0 Å². The number of rotatable bonds is 5. The van der Waals surface area contributed by atoms with E-state index in [1.165, 1.54) is 32.7 Å². The predicted molar refractivity (Wildman–Crippen MR) is 229 cm³/mol. The molecule has 1 unspecified atom stereocenters. The first kappa shape index (κ1) is 31.2. The van der Waals surface area contributed by atoms with Crippen molar-refractivity contribution in [2.75, 3.05) is 0 Å². The first-order valence-electron chi connectivity index (χ1n) is 18.7. The van der Waals surface area contributed by atoms with Crippen LogP contribution in [-0.2, 0) is 0 Å². The molecular weight excluding hydrogens is 671 g/mol. The van der Waals surface area contributed by atoms with Gasteiger partial charge in [0.2, 0.25) is 0 Å². The van der Waals surface area contributed by atoms with Gasteiger partial charge in [0, 0.05) is 27.5 Å². The maximum Gasteiger partial charge on any atom is 0.170 e. The van der Waals surface area contributed by atoms with Crippen LogP contribution in [0.5, 0.6) is 0 Å². The first-order chi connectivity index (χ1) is 27.2. The van der Waals surface area contributed by atoms with Crippen molar-refractivity contribution < 1.29 is 4.42 Å². The summed E-state index contributed by atoms with van der Waals surface area (Å²) in [5, 5.41) is 13.0. The Bertz CT molecular complexity index is 3180. The van der Waals surface area contributed by atoms with Crippen molar-refractivity contribution >= 4 is 65.9 Å². The lowest BCUT2D eigenvalue weighted by atomic mass is 9.91. The fraction of sp³-hybridized carbons (Fsp3) is 0.0196. The Hall–Kier alpha value is -7.30. The van der Waals surface area contributed by atoms with E-state index in [1.807, 2.05) is 12.1 Å². The number of nitrogens with one attached hydrogen (secondary N) is 1. The molecule has 11 rings (SSSR count). The Morgan fingerprint density at radius 3 is 1.84 bits per heavy atom. The molecule has 0 saturated carbocycles. The summed E-state index contributed by atoms with van der Waals surface area (Å²) >= 11 is 0. The van der Waals surface area contributed by atoms with Crippen LogP contribution in [0.4, 0.5) is 0 Å². The van der Waals surface area contributed by atoms with Crippen LogP contribution in [0, 0.1) is 0 Å². The van der Waals surface area contributed by atoms with E-state index in [2.05, 4.69) is 181 Å². The summed E-state index contributed by atoms with van der Waals surface area (Å²) in [6.07, 6.45) is -0.472. The summed E-state index contributed by atoms with van der Waals surface area (Å²) in [7, 11) is 0. The summed E-state index contributed by atoms with van der Waals surface area (Å²) in [5.41, 5.74) is 9.52. The highest BCUT2D eigenvalue weighted by Crippen LogP contribution is 2.41. The topological polar surface area (TPSA) is 49.9 Å². The molecule has 4 heteroatoms. The Morgan fingerprint density at radius 2 is 0.982 bits per heavy atom. The van der Waals surface area contributed by atoms with Crippen LogP contribution in [0.2, 0.25) is 0 Å². The minimum Gasteiger partial charge on any atom is -0.456 e. The van der Waals surface area contributed by atoms with E-state index in [0.29, 0.717) is 0 Å². The zero-order valence-electron chi connectivity index (χ0n) is 29.8. The lowest BCUT2D eigenvalue weighted by Gasteiger charge is -2.24. The van der Waals surface area contributed by atoms with Crippen molar-refractivity contribution in [3.05, 3.63) is 205 Å². The monoisotopic (exact) mass is 703 g/mol. The van der Waals surface area contributed by atoms with Crippen LogP contribution in [0.25, 0.3) is 76.5 Å². The van der Waals surface area contributed by atoms with Gasteiger partial charge in [-0.05, 0) is 72.8 Å². The molecule has 10 aromatic rings. The molecule has 258 valence electrons. The molecule has 0 bridgehead atoms. The van der Waals surface area contributed by atoms with Crippen LogP contribution >= 0.6 is 0 Å². The highest BCUT2D eigenvalue weighted by Gasteiger charge is 2.24. The molecule has 0 radical (unpaired) electrons. The molecule has 0 saturated heterocycles.